The molecule has 0 bridgehead atoms. The van der Waals surface area contributed by atoms with Crippen LogP contribution in [0.15, 0.2) is 55.1 Å². The van der Waals surface area contributed by atoms with Gasteiger partial charge in [0, 0.05) is 22.9 Å². The second-order valence-electron chi connectivity index (χ2n) is 7.21. The highest BCUT2D eigenvalue weighted by atomic mass is 16.5. The molecule has 0 unspecified atom stereocenters. The summed E-state index contributed by atoms with van der Waals surface area (Å²) in [6.07, 6.45) is 10.0. The minimum Gasteiger partial charge on any atom is -0.493 e. The molecule has 0 heterocycles. The molecule has 0 aliphatic carbocycles. The SMILES string of the molecule is C=CCc1cc(/C=C/C(=O)c2ccc(N)cc2)c(OCCCC)cc1OCCCC. The summed E-state index contributed by atoms with van der Waals surface area (Å²) in [6, 6.07) is 10.9. The van der Waals surface area contributed by atoms with Gasteiger partial charge < -0.3 is 15.2 Å². The summed E-state index contributed by atoms with van der Waals surface area (Å²) >= 11 is 0. The first-order valence-electron chi connectivity index (χ1n) is 10.7. The highest BCUT2D eigenvalue weighted by Crippen LogP contribution is 2.31. The van der Waals surface area contributed by atoms with Crippen molar-refractivity contribution in [1.82, 2.24) is 0 Å². The van der Waals surface area contributed by atoms with Crippen LogP contribution in [0.1, 0.15) is 61.0 Å². The summed E-state index contributed by atoms with van der Waals surface area (Å²) < 4.78 is 12.0. The molecule has 0 aromatic heterocycles. The zero-order valence-electron chi connectivity index (χ0n) is 18.2. The van der Waals surface area contributed by atoms with Crippen molar-refractivity contribution < 1.29 is 14.3 Å². The molecule has 2 rings (SSSR count). The minimum absolute atomic E-state index is 0.0805. The Hall–Kier alpha value is -3.01. The number of hydrogen-bond acceptors (Lipinski definition) is 4. The van der Waals surface area contributed by atoms with Gasteiger partial charge in [-0.3, -0.25) is 4.79 Å². The molecule has 0 atom stereocenters. The normalized spacial score (nSPS) is 10.9. The van der Waals surface area contributed by atoms with E-state index in [-0.39, 0.29) is 5.78 Å². The predicted molar refractivity (Wildman–Crippen MR) is 125 cm³/mol. The number of nitrogen functional groups attached to an aromatic ring is 1. The number of ketones is 1. The number of anilines is 1. The Morgan fingerprint density at radius 2 is 1.63 bits per heavy atom. The Morgan fingerprint density at radius 3 is 2.23 bits per heavy atom. The summed E-state index contributed by atoms with van der Waals surface area (Å²) in [6.45, 7) is 9.41. The lowest BCUT2D eigenvalue weighted by atomic mass is 10.0. The van der Waals surface area contributed by atoms with E-state index in [1.54, 1.807) is 30.3 Å². The molecule has 160 valence electrons. The number of benzene rings is 2. The van der Waals surface area contributed by atoms with Crippen molar-refractivity contribution in [1.29, 1.82) is 0 Å². The van der Waals surface area contributed by atoms with E-state index in [0.29, 0.717) is 30.9 Å². The molecule has 0 radical (unpaired) electrons. The third-order valence-electron chi connectivity index (χ3n) is 4.68. The van der Waals surface area contributed by atoms with Crippen molar-refractivity contribution in [2.24, 2.45) is 0 Å². The molecule has 0 saturated heterocycles. The van der Waals surface area contributed by atoms with Gasteiger partial charge in [-0.25, -0.2) is 0 Å². The van der Waals surface area contributed by atoms with Crippen LogP contribution in [-0.4, -0.2) is 19.0 Å². The van der Waals surface area contributed by atoms with Gasteiger partial charge in [-0.2, -0.15) is 0 Å². The van der Waals surface area contributed by atoms with Crippen molar-refractivity contribution in [2.45, 2.75) is 46.0 Å². The second-order valence-corrected chi connectivity index (χ2v) is 7.21. The Labute approximate surface area is 180 Å². The van der Waals surface area contributed by atoms with Crippen LogP contribution in [0.5, 0.6) is 11.5 Å². The fourth-order valence-electron chi connectivity index (χ4n) is 2.89. The first-order chi connectivity index (χ1) is 14.6. The van der Waals surface area contributed by atoms with Crippen molar-refractivity contribution in [3.63, 3.8) is 0 Å². The maximum absolute atomic E-state index is 12.5. The zero-order chi connectivity index (χ0) is 21.8. The van der Waals surface area contributed by atoms with Gasteiger partial charge in [0.15, 0.2) is 5.78 Å². The largest absolute Gasteiger partial charge is 0.493 e. The molecule has 0 fully saturated rings. The van der Waals surface area contributed by atoms with E-state index in [9.17, 15) is 4.79 Å². The molecule has 2 N–H and O–H groups in total. The van der Waals surface area contributed by atoms with E-state index >= 15 is 0 Å². The average Bonchev–Trinajstić information content (AvgIpc) is 2.75. The number of rotatable bonds is 13. The first-order valence-corrected chi connectivity index (χ1v) is 10.7. The van der Waals surface area contributed by atoms with Gasteiger partial charge in [-0.15, -0.1) is 6.58 Å². The highest BCUT2D eigenvalue weighted by Gasteiger charge is 2.11. The molecule has 0 aliphatic rings. The van der Waals surface area contributed by atoms with Gasteiger partial charge in [-0.1, -0.05) is 32.8 Å². The summed E-state index contributed by atoms with van der Waals surface area (Å²) in [4.78, 5) is 12.5. The Bertz CT molecular complexity index is 853. The van der Waals surface area contributed by atoms with Crippen LogP contribution in [-0.2, 0) is 6.42 Å². The molecule has 2 aromatic rings. The maximum atomic E-state index is 12.5. The number of allylic oxidation sites excluding steroid dienone is 2. The molecule has 0 aliphatic heterocycles. The summed E-state index contributed by atoms with van der Waals surface area (Å²) in [5.41, 5.74) is 8.82. The zero-order valence-corrected chi connectivity index (χ0v) is 18.2. The van der Waals surface area contributed by atoms with E-state index in [1.165, 1.54) is 0 Å². The van der Waals surface area contributed by atoms with E-state index in [2.05, 4.69) is 20.4 Å². The smallest absolute Gasteiger partial charge is 0.185 e. The second kappa shape index (κ2) is 12.5. The van der Waals surface area contributed by atoms with Gasteiger partial charge in [0.1, 0.15) is 11.5 Å². The number of ether oxygens (including phenoxy) is 2. The van der Waals surface area contributed by atoms with E-state index in [1.807, 2.05) is 24.3 Å². The van der Waals surface area contributed by atoms with Crippen molar-refractivity contribution in [3.8, 4) is 11.5 Å². The standard InChI is InChI=1S/C26H33NO3/c1-4-7-16-29-25-19-26(30-17-8-5-2)22(18-21(25)9-6-3)12-15-24(28)20-10-13-23(27)14-11-20/h6,10-15,18-19H,3-5,7-9,16-17,27H2,1-2H3/b15-12+. The van der Waals surface area contributed by atoms with Gasteiger partial charge >= 0.3 is 0 Å². The van der Waals surface area contributed by atoms with Gasteiger partial charge in [-0.05, 0) is 67.3 Å². The van der Waals surface area contributed by atoms with E-state index in [4.69, 9.17) is 15.2 Å². The monoisotopic (exact) mass is 407 g/mol. The topological polar surface area (TPSA) is 61.6 Å². The summed E-state index contributed by atoms with van der Waals surface area (Å²) in [5, 5.41) is 0. The molecular formula is C26H33NO3. The molecular weight excluding hydrogens is 374 g/mol. The number of nitrogens with two attached hydrogens (primary N) is 1. The van der Waals surface area contributed by atoms with Crippen LogP contribution in [0.3, 0.4) is 0 Å². The minimum atomic E-state index is -0.0805. The lowest BCUT2D eigenvalue weighted by Crippen LogP contribution is -2.04. The molecule has 0 saturated carbocycles. The number of carbonyl (C=O) groups excluding carboxylic acids is 1. The molecule has 0 amide bonds. The molecule has 2 aromatic carbocycles. The van der Waals surface area contributed by atoms with Crippen LogP contribution in [0.4, 0.5) is 5.69 Å². The first kappa shape index (κ1) is 23.3. The number of hydrogen-bond donors (Lipinski definition) is 1. The molecule has 4 heteroatoms. The maximum Gasteiger partial charge on any atom is 0.185 e. The van der Waals surface area contributed by atoms with Crippen LogP contribution < -0.4 is 15.2 Å². The Kier molecular flexibility index (Phi) is 9.72. The van der Waals surface area contributed by atoms with Gasteiger partial charge in [0.2, 0.25) is 0 Å². The molecule has 0 spiro atoms. The Morgan fingerprint density at radius 1 is 1.00 bits per heavy atom. The average molecular weight is 408 g/mol. The van der Waals surface area contributed by atoms with E-state index < -0.39 is 0 Å². The fourth-order valence-corrected chi connectivity index (χ4v) is 2.89. The molecule has 30 heavy (non-hydrogen) atoms. The van der Waals surface area contributed by atoms with E-state index in [0.717, 1.165) is 48.3 Å². The summed E-state index contributed by atoms with van der Waals surface area (Å²) in [7, 11) is 0. The lowest BCUT2D eigenvalue weighted by Gasteiger charge is -2.16. The predicted octanol–water partition coefficient (Wildman–Crippen LogP) is 6.25. The van der Waals surface area contributed by atoms with Gasteiger partial charge in [0.25, 0.3) is 0 Å². The quantitative estimate of drug-likeness (QED) is 0.140. The lowest BCUT2D eigenvalue weighted by molar-refractivity contribution is 0.104. The van der Waals surface area contributed by atoms with Crippen LogP contribution in [0.2, 0.25) is 0 Å². The van der Waals surface area contributed by atoms with Crippen molar-refractivity contribution >= 4 is 17.5 Å². The Balaban J connectivity index is 2.33. The highest BCUT2D eigenvalue weighted by molar-refractivity contribution is 6.07. The summed E-state index contributed by atoms with van der Waals surface area (Å²) in [5.74, 6) is 1.46. The van der Waals surface area contributed by atoms with Gasteiger partial charge in [0.05, 0.1) is 13.2 Å². The third-order valence-corrected chi connectivity index (χ3v) is 4.68. The van der Waals surface area contributed by atoms with Crippen LogP contribution in [0, 0.1) is 0 Å². The number of carbonyl (C=O) groups is 1. The van der Waals surface area contributed by atoms with Crippen molar-refractivity contribution in [2.75, 3.05) is 18.9 Å². The fraction of sp³-hybridized carbons (Fsp3) is 0.346. The van der Waals surface area contributed by atoms with Crippen LogP contribution in [0.25, 0.3) is 6.08 Å². The van der Waals surface area contributed by atoms with Crippen molar-refractivity contribution in [3.05, 3.63) is 71.8 Å². The number of unbranched alkanes of at least 4 members (excludes halogenated alkanes) is 2. The third kappa shape index (κ3) is 7.11. The molecule has 4 nitrogen and oxygen atoms in total. The van der Waals surface area contributed by atoms with Crippen LogP contribution >= 0.6 is 0 Å².